The Balaban J connectivity index is 1.12. The number of hydrogen-bond acceptors (Lipinski definition) is 5. The topological polar surface area (TPSA) is 47.7 Å². The van der Waals surface area contributed by atoms with E-state index in [0.29, 0.717) is 12.5 Å². The van der Waals surface area contributed by atoms with E-state index in [1.54, 1.807) is 0 Å². The van der Waals surface area contributed by atoms with Gasteiger partial charge in [-0.25, -0.2) is 0 Å². The lowest BCUT2D eigenvalue weighted by atomic mass is 9.94. The Labute approximate surface area is 181 Å². The van der Waals surface area contributed by atoms with Crippen LogP contribution in [0.15, 0.2) is 59.0 Å². The monoisotopic (exact) mass is 414 g/mol. The summed E-state index contributed by atoms with van der Waals surface area (Å²) in [6, 6.07) is 18.6. The predicted octanol–water partition coefficient (Wildman–Crippen LogP) is 5.31. The highest BCUT2D eigenvalue weighted by atomic mass is 16.6. The van der Waals surface area contributed by atoms with E-state index >= 15 is 0 Å². The maximum Gasteiger partial charge on any atom is 0.171 e. The van der Waals surface area contributed by atoms with Gasteiger partial charge in [-0.15, -0.1) is 0 Å². The standard InChI is InChI=1S/C26H26N2O3/c1-17-6-7-21-22(27-17)8-9-24-26(21)30-20(16-29-24)15-28-12-10-18(11-13-28)25-14-19-4-2-3-5-23(19)31-25/h2-9,14,18,20H,10-13,15-16H2,1H3. The van der Waals surface area contributed by atoms with Crippen molar-refractivity contribution in [3.05, 3.63) is 66.1 Å². The number of furan rings is 1. The molecule has 5 nitrogen and oxygen atoms in total. The van der Waals surface area contributed by atoms with Gasteiger partial charge in [0.05, 0.1) is 5.52 Å². The number of piperidine rings is 1. The zero-order chi connectivity index (χ0) is 20.8. The fourth-order valence-corrected chi connectivity index (χ4v) is 4.86. The first-order valence-corrected chi connectivity index (χ1v) is 11.1. The van der Waals surface area contributed by atoms with E-state index in [0.717, 1.165) is 71.9 Å². The molecule has 4 heterocycles. The minimum Gasteiger partial charge on any atom is -0.486 e. The van der Waals surface area contributed by atoms with Crippen molar-refractivity contribution in [1.82, 2.24) is 9.88 Å². The van der Waals surface area contributed by atoms with Crippen LogP contribution in [0.5, 0.6) is 11.5 Å². The molecule has 0 N–H and O–H groups in total. The van der Waals surface area contributed by atoms with Crippen molar-refractivity contribution < 1.29 is 13.9 Å². The Morgan fingerprint density at radius 1 is 1.03 bits per heavy atom. The van der Waals surface area contributed by atoms with Crippen LogP contribution in [-0.2, 0) is 0 Å². The summed E-state index contributed by atoms with van der Waals surface area (Å²) in [4.78, 5) is 7.11. The van der Waals surface area contributed by atoms with E-state index in [4.69, 9.17) is 13.9 Å². The molecule has 2 aliphatic heterocycles. The van der Waals surface area contributed by atoms with Crippen LogP contribution >= 0.6 is 0 Å². The zero-order valence-electron chi connectivity index (χ0n) is 17.7. The molecule has 0 spiro atoms. The van der Waals surface area contributed by atoms with Crippen molar-refractivity contribution in [2.24, 2.45) is 0 Å². The maximum atomic E-state index is 6.41. The lowest BCUT2D eigenvalue weighted by Gasteiger charge is -2.35. The Kier molecular flexibility index (Phi) is 4.57. The molecular formula is C26H26N2O3. The lowest BCUT2D eigenvalue weighted by Crippen LogP contribution is -2.44. The molecule has 0 aliphatic carbocycles. The van der Waals surface area contributed by atoms with Crippen LogP contribution in [0.1, 0.15) is 30.2 Å². The first-order chi connectivity index (χ1) is 15.2. The summed E-state index contributed by atoms with van der Waals surface area (Å²) in [6.07, 6.45) is 2.24. The van der Waals surface area contributed by atoms with Crippen molar-refractivity contribution >= 4 is 21.9 Å². The van der Waals surface area contributed by atoms with Gasteiger partial charge in [-0.3, -0.25) is 9.88 Å². The number of benzene rings is 2. The molecule has 5 heteroatoms. The second kappa shape index (κ2) is 7.57. The van der Waals surface area contributed by atoms with Crippen molar-refractivity contribution in [3.63, 3.8) is 0 Å². The number of aryl methyl sites for hydroxylation is 1. The molecular weight excluding hydrogens is 388 g/mol. The Hall–Kier alpha value is -3.05. The van der Waals surface area contributed by atoms with Gasteiger partial charge in [0, 0.05) is 28.9 Å². The van der Waals surface area contributed by atoms with Crippen LogP contribution in [0.3, 0.4) is 0 Å². The van der Waals surface area contributed by atoms with Crippen molar-refractivity contribution in [2.75, 3.05) is 26.2 Å². The molecule has 158 valence electrons. The largest absolute Gasteiger partial charge is 0.486 e. The summed E-state index contributed by atoms with van der Waals surface area (Å²) < 4.78 is 18.6. The minimum absolute atomic E-state index is 0.0298. The van der Waals surface area contributed by atoms with E-state index in [2.05, 4.69) is 34.1 Å². The number of aromatic nitrogens is 1. The van der Waals surface area contributed by atoms with Crippen molar-refractivity contribution in [3.8, 4) is 11.5 Å². The number of fused-ring (bicyclic) bond motifs is 4. The van der Waals surface area contributed by atoms with Gasteiger partial charge in [-0.2, -0.15) is 0 Å². The molecule has 0 saturated carbocycles. The average Bonchev–Trinajstić information content (AvgIpc) is 3.23. The van der Waals surface area contributed by atoms with Crippen molar-refractivity contribution in [2.45, 2.75) is 31.8 Å². The van der Waals surface area contributed by atoms with Crippen LogP contribution in [0, 0.1) is 6.92 Å². The SMILES string of the molecule is Cc1ccc2c3c(ccc2n1)OCC(CN1CCC(c2cc4ccccc4o2)CC1)O3. The molecule has 1 fully saturated rings. The van der Waals surface area contributed by atoms with Gasteiger partial charge in [0.2, 0.25) is 0 Å². The summed E-state index contributed by atoms with van der Waals surface area (Å²) in [6.45, 7) is 5.56. The van der Waals surface area contributed by atoms with Gasteiger partial charge < -0.3 is 13.9 Å². The normalized spacial score (nSPS) is 19.8. The molecule has 2 aliphatic rings. The fourth-order valence-electron chi connectivity index (χ4n) is 4.86. The van der Waals surface area contributed by atoms with Gasteiger partial charge >= 0.3 is 0 Å². The number of hydrogen-bond donors (Lipinski definition) is 0. The van der Waals surface area contributed by atoms with E-state index < -0.39 is 0 Å². The van der Waals surface area contributed by atoms with Crippen LogP contribution in [0.2, 0.25) is 0 Å². The zero-order valence-corrected chi connectivity index (χ0v) is 17.7. The highest BCUT2D eigenvalue weighted by Crippen LogP contribution is 2.39. The summed E-state index contributed by atoms with van der Waals surface area (Å²) in [5, 5.41) is 2.22. The number of nitrogens with zero attached hydrogens (tertiary/aromatic N) is 2. The average molecular weight is 415 g/mol. The molecule has 1 atom stereocenters. The summed E-state index contributed by atoms with van der Waals surface area (Å²) >= 11 is 0. The number of likely N-dealkylation sites (tertiary alicyclic amines) is 1. The quantitative estimate of drug-likeness (QED) is 0.455. The highest BCUT2D eigenvalue weighted by Gasteiger charge is 2.29. The van der Waals surface area contributed by atoms with E-state index in [9.17, 15) is 0 Å². The summed E-state index contributed by atoms with van der Waals surface area (Å²) in [5.74, 6) is 3.27. The first kappa shape index (κ1) is 18.7. The fraction of sp³-hybridized carbons (Fsp3) is 0.346. The number of rotatable bonds is 3. The molecule has 4 aromatic rings. The third-order valence-electron chi connectivity index (χ3n) is 6.53. The molecule has 2 aromatic heterocycles. The number of ether oxygens (including phenoxy) is 2. The van der Waals surface area contributed by atoms with Gasteiger partial charge in [0.1, 0.15) is 24.1 Å². The van der Waals surface area contributed by atoms with E-state index in [1.807, 2.05) is 37.3 Å². The minimum atomic E-state index is 0.0298. The van der Waals surface area contributed by atoms with Gasteiger partial charge in [0.25, 0.3) is 0 Å². The van der Waals surface area contributed by atoms with E-state index in [-0.39, 0.29) is 6.10 Å². The molecule has 0 bridgehead atoms. The predicted molar refractivity (Wildman–Crippen MR) is 121 cm³/mol. The lowest BCUT2D eigenvalue weighted by molar-refractivity contribution is 0.0522. The Bertz CT molecular complexity index is 1210. The highest BCUT2D eigenvalue weighted by molar-refractivity contribution is 5.88. The van der Waals surface area contributed by atoms with Crippen LogP contribution in [-0.4, -0.2) is 42.2 Å². The first-order valence-electron chi connectivity index (χ1n) is 11.1. The summed E-state index contributed by atoms with van der Waals surface area (Å²) in [5.41, 5.74) is 2.95. The maximum absolute atomic E-state index is 6.41. The second-order valence-corrected chi connectivity index (χ2v) is 8.72. The molecule has 1 unspecified atom stereocenters. The molecule has 6 rings (SSSR count). The van der Waals surface area contributed by atoms with Crippen molar-refractivity contribution in [1.29, 1.82) is 0 Å². The van der Waals surface area contributed by atoms with Crippen LogP contribution in [0.4, 0.5) is 0 Å². The third-order valence-corrected chi connectivity index (χ3v) is 6.53. The van der Waals surface area contributed by atoms with Crippen LogP contribution < -0.4 is 9.47 Å². The third kappa shape index (κ3) is 3.53. The molecule has 2 aromatic carbocycles. The van der Waals surface area contributed by atoms with Gasteiger partial charge in [0.15, 0.2) is 11.5 Å². The number of pyridine rings is 1. The van der Waals surface area contributed by atoms with E-state index in [1.165, 1.54) is 5.39 Å². The molecule has 0 amide bonds. The van der Waals surface area contributed by atoms with Gasteiger partial charge in [-0.1, -0.05) is 18.2 Å². The molecule has 1 saturated heterocycles. The Morgan fingerprint density at radius 2 is 1.90 bits per heavy atom. The summed E-state index contributed by atoms with van der Waals surface area (Å²) in [7, 11) is 0. The smallest absolute Gasteiger partial charge is 0.171 e. The molecule has 31 heavy (non-hydrogen) atoms. The van der Waals surface area contributed by atoms with Gasteiger partial charge in [-0.05, 0) is 69.3 Å². The second-order valence-electron chi connectivity index (χ2n) is 8.72. The van der Waals surface area contributed by atoms with Crippen LogP contribution in [0.25, 0.3) is 21.9 Å². The molecule has 0 radical (unpaired) electrons. The number of para-hydroxylation sites is 1. The Morgan fingerprint density at radius 3 is 2.77 bits per heavy atom.